The Kier molecular flexibility index (Phi) is 5.89. The molecule has 0 unspecified atom stereocenters. The van der Waals surface area contributed by atoms with E-state index < -0.39 is 0 Å². The Morgan fingerprint density at radius 3 is 2.65 bits per heavy atom. The minimum atomic E-state index is -0.271. The molecule has 160 valence electrons. The number of fused-ring (bicyclic) bond motifs is 1. The van der Waals surface area contributed by atoms with Gasteiger partial charge in [-0.05, 0) is 48.6 Å². The average Bonchev–Trinajstić information content (AvgIpc) is 3.38. The molecule has 2 aromatic carbocycles. The molecule has 6 nitrogen and oxygen atoms in total. The van der Waals surface area contributed by atoms with Crippen molar-refractivity contribution in [2.24, 2.45) is 5.92 Å². The van der Waals surface area contributed by atoms with Crippen molar-refractivity contribution in [2.75, 3.05) is 11.4 Å². The third-order valence-electron chi connectivity index (χ3n) is 5.44. The zero-order valence-electron chi connectivity index (χ0n) is 18.1. The monoisotopic (exact) mass is 417 g/mol. The Morgan fingerprint density at radius 2 is 1.90 bits per heavy atom. The summed E-state index contributed by atoms with van der Waals surface area (Å²) in [4.78, 5) is 27.3. The molecule has 2 amide bonds. The highest BCUT2D eigenvalue weighted by Crippen LogP contribution is 2.30. The molecule has 0 fully saturated rings. The fraction of sp³-hybridized carbons (Fsp3) is 0.320. The SMILES string of the molecule is Cc1ccc(C(=O)N2CCc3ccc(CNC(=O)c4cc(CC(C)C)on4)cc32)cc1. The first-order valence-electron chi connectivity index (χ1n) is 10.6. The Hall–Kier alpha value is -3.41. The topological polar surface area (TPSA) is 75.4 Å². The van der Waals surface area contributed by atoms with Gasteiger partial charge in [0.15, 0.2) is 5.69 Å². The first-order chi connectivity index (χ1) is 14.9. The van der Waals surface area contributed by atoms with Crippen LogP contribution in [0.3, 0.4) is 0 Å². The predicted molar refractivity (Wildman–Crippen MR) is 119 cm³/mol. The summed E-state index contributed by atoms with van der Waals surface area (Å²) in [6.45, 7) is 7.19. The number of carbonyl (C=O) groups is 2. The van der Waals surface area contributed by atoms with Crippen molar-refractivity contribution >= 4 is 17.5 Å². The van der Waals surface area contributed by atoms with E-state index in [0.717, 1.165) is 35.2 Å². The number of nitrogens with zero attached hydrogens (tertiary/aromatic N) is 2. The van der Waals surface area contributed by atoms with Crippen LogP contribution in [0.25, 0.3) is 0 Å². The van der Waals surface area contributed by atoms with Crippen LogP contribution in [0.2, 0.25) is 0 Å². The average molecular weight is 418 g/mol. The fourth-order valence-corrected chi connectivity index (χ4v) is 3.79. The summed E-state index contributed by atoms with van der Waals surface area (Å²) in [6, 6.07) is 15.3. The van der Waals surface area contributed by atoms with Crippen LogP contribution in [-0.4, -0.2) is 23.5 Å². The number of carbonyl (C=O) groups excluding carboxylic acids is 2. The number of aromatic nitrogens is 1. The molecule has 0 saturated heterocycles. The smallest absolute Gasteiger partial charge is 0.273 e. The van der Waals surface area contributed by atoms with Crippen molar-refractivity contribution < 1.29 is 14.1 Å². The summed E-state index contributed by atoms with van der Waals surface area (Å²) in [7, 11) is 0. The van der Waals surface area contributed by atoms with Crippen LogP contribution in [0.5, 0.6) is 0 Å². The molecule has 0 saturated carbocycles. The number of rotatable bonds is 6. The van der Waals surface area contributed by atoms with Gasteiger partial charge in [0.25, 0.3) is 11.8 Å². The van der Waals surface area contributed by atoms with E-state index in [1.807, 2.05) is 54.3 Å². The van der Waals surface area contributed by atoms with Crippen LogP contribution in [0.15, 0.2) is 53.1 Å². The number of hydrogen-bond acceptors (Lipinski definition) is 4. The molecule has 0 bridgehead atoms. The maximum atomic E-state index is 13.0. The van der Waals surface area contributed by atoms with E-state index in [1.54, 1.807) is 6.07 Å². The zero-order valence-corrected chi connectivity index (χ0v) is 18.1. The third kappa shape index (κ3) is 4.68. The van der Waals surface area contributed by atoms with Crippen molar-refractivity contribution in [3.8, 4) is 0 Å². The van der Waals surface area contributed by atoms with E-state index in [-0.39, 0.29) is 17.5 Å². The first kappa shape index (κ1) is 20.8. The van der Waals surface area contributed by atoms with Crippen LogP contribution >= 0.6 is 0 Å². The lowest BCUT2D eigenvalue weighted by molar-refractivity contribution is 0.0940. The molecule has 1 aromatic heterocycles. The molecule has 4 rings (SSSR count). The van der Waals surface area contributed by atoms with Gasteiger partial charge < -0.3 is 14.7 Å². The van der Waals surface area contributed by atoms with Gasteiger partial charge in [-0.1, -0.05) is 48.8 Å². The molecular weight excluding hydrogens is 390 g/mol. The predicted octanol–water partition coefficient (Wildman–Crippen LogP) is 4.31. The Morgan fingerprint density at radius 1 is 1.13 bits per heavy atom. The first-order valence-corrected chi connectivity index (χ1v) is 10.6. The van der Waals surface area contributed by atoms with Crippen molar-refractivity contribution in [1.29, 1.82) is 0 Å². The van der Waals surface area contributed by atoms with Crippen LogP contribution in [0.1, 0.15) is 57.1 Å². The molecule has 0 radical (unpaired) electrons. The molecule has 6 heteroatoms. The van der Waals surface area contributed by atoms with Crippen molar-refractivity contribution in [3.05, 3.63) is 82.2 Å². The van der Waals surface area contributed by atoms with Crippen LogP contribution in [0.4, 0.5) is 5.69 Å². The van der Waals surface area contributed by atoms with E-state index in [1.165, 1.54) is 0 Å². The Balaban J connectivity index is 1.44. The van der Waals surface area contributed by atoms with Gasteiger partial charge in [0.2, 0.25) is 0 Å². The van der Waals surface area contributed by atoms with E-state index in [2.05, 4.69) is 24.3 Å². The molecule has 0 aliphatic carbocycles. The van der Waals surface area contributed by atoms with E-state index in [4.69, 9.17) is 4.52 Å². The Labute approximate surface area is 182 Å². The lowest BCUT2D eigenvalue weighted by atomic mass is 10.1. The van der Waals surface area contributed by atoms with Crippen molar-refractivity contribution in [1.82, 2.24) is 10.5 Å². The lowest BCUT2D eigenvalue weighted by Gasteiger charge is -2.18. The second-order valence-corrected chi connectivity index (χ2v) is 8.49. The number of benzene rings is 2. The summed E-state index contributed by atoms with van der Waals surface area (Å²) < 4.78 is 5.24. The second kappa shape index (κ2) is 8.76. The second-order valence-electron chi connectivity index (χ2n) is 8.49. The van der Waals surface area contributed by atoms with Crippen LogP contribution in [0, 0.1) is 12.8 Å². The number of aryl methyl sites for hydroxylation is 1. The largest absolute Gasteiger partial charge is 0.361 e. The summed E-state index contributed by atoms with van der Waals surface area (Å²) >= 11 is 0. The van der Waals surface area contributed by atoms with Crippen molar-refractivity contribution in [3.63, 3.8) is 0 Å². The number of amides is 2. The Bertz CT molecular complexity index is 1100. The lowest BCUT2D eigenvalue weighted by Crippen LogP contribution is -2.29. The minimum absolute atomic E-state index is 0.000199. The maximum Gasteiger partial charge on any atom is 0.273 e. The quantitative estimate of drug-likeness (QED) is 0.648. The van der Waals surface area contributed by atoms with E-state index in [0.29, 0.717) is 30.3 Å². The van der Waals surface area contributed by atoms with E-state index >= 15 is 0 Å². The summed E-state index contributed by atoms with van der Waals surface area (Å²) in [5, 5.41) is 6.76. The van der Waals surface area contributed by atoms with Crippen LogP contribution < -0.4 is 10.2 Å². The van der Waals surface area contributed by atoms with Gasteiger partial charge in [-0.15, -0.1) is 0 Å². The molecule has 1 N–H and O–H groups in total. The third-order valence-corrected chi connectivity index (χ3v) is 5.44. The highest BCUT2D eigenvalue weighted by molar-refractivity contribution is 6.07. The normalized spacial score (nSPS) is 12.8. The van der Waals surface area contributed by atoms with Gasteiger partial charge in [0, 0.05) is 36.8 Å². The maximum absolute atomic E-state index is 13.0. The van der Waals surface area contributed by atoms with Gasteiger partial charge >= 0.3 is 0 Å². The van der Waals surface area contributed by atoms with Crippen LogP contribution in [-0.2, 0) is 19.4 Å². The van der Waals surface area contributed by atoms with Crippen molar-refractivity contribution in [2.45, 2.75) is 40.2 Å². The number of anilines is 1. The summed E-state index contributed by atoms with van der Waals surface area (Å²) in [5.41, 5.74) is 5.08. The zero-order chi connectivity index (χ0) is 22.0. The van der Waals surface area contributed by atoms with Gasteiger partial charge in [0.1, 0.15) is 5.76 Å². The molecule has 0 atom stereocenters. The summed E-state index contributed by atoms with van der Waals surface area (Å²) in [6.07, 6.45) is 1.58. The molecule has 2 heterocycles. The van der Waals surface area contributed by atoms with E-state index in [9.17, 15) is 9.59 Å². The molecule has 1 aliphatic rings. The fourth-order valence-electron chi connectivity index (χ4n) is 3.79. The summed E-state index contributed by atoms with van der Waals surface area (Å²) in [5.74, 6) is 0.871. The number of nitrogens with one attached hydrogen (secondary N) is 1. The highest BCUT2D eigenvalue weighted by atomic mass is 16.5. The molecule has 3 aromatic rings. The van der Waals surface area contributed by atoms with Gasteiger partial charge in [-0.25, -0.2) is 0 Å². The number of hydrogen-bond donors (Lipinski definition) is 1. The van der Waals surface area contributed by atoms with Gasteiger partial charge in [-0.3, -0.25) is 9.59 Å². The highest BCUT2D eigenvalue weighted by Gasteiger charge is 2.26. The molecular formula is C25H27N3O3. The molecule has 0 spiro atoms. The minimum Gasteiger partial charge on any atom is -0.361 e. The van der Waals surface area contributed by atoms with Gasteiger partial charge in [-0.2, -0.15) is 0 Å². The molecule has 31 heavy (non-hydrogen) atoms. The standard InChI is InChI=1S/C25H27N3O3/c1-16(2)12-21-14-22(27-31-21)24(29)26-15-18-6-9-19-10-11-28(23(19)13-18)25(30)20-7-4-17(3)5-8-20/h4-9,13-14,16H,10-12,15H2,1-3H3,(H,26,29). The molecule has 1 aliphatic heterocycles. The van der Waals surface area contributed by atoms with Gasteiger partial charge in [0.05, 0.1) is 0 Å².